The molecule has 0 unspecified atom stereocenters. The number of rotatable bonds is 12. The van der Waals surface area contributed by atoms with E-state index in [4.69, 9.17) is 9.47 Å². The normalized spacial score (nSPS) is 10.9. The predicted molar refractivity (Wildman–Crippen MR) is 163 cm³/mol. The summed E-state index contributed by atoms with van der Waals surface area (Å²) in [6, 6.07) is 6.06. The molecular weight excluding hydrogens is 558 g/mol. The number of hydrogen-bond donors (Lipinski definition) is 3. The molecule has 4 aromatic rings. The van der Waals surface area contributed by atoms with E-state index in [1.807, 2.05) is 25.9 Å². The second kappa shape index (κ2) is 13.3. The van der Waals surface area contributed by atoms with Gasteiger partial charge in [-0.2, -0.15) is 0 Å². The van der Waals surface area contributed by atoms with Crippen molar-refractivity contribution < 1.29 is 27.8 Å². The van der Waals surface area contributed by atoms with Gasteiger partial charge in [-0.15, -0.1) is 0 Å². The highest BCUT2D eigenvalue weighted by molar-refractivity contribution is 6.15. The number of ether oxygens (including phenoxy) is 2. The summed E-state index contributed by atoms with van der Waals surface area (Å²) in [6.45, 7) is 6.39. The van der Waals surface area contributed by atoms with Crippen LogP contribution in [0.25, 0.3) is 10.8 Å². The summed E-state index contributed by atoms with van der Waals surface area (Å²) in [4.78, 5) is 36.3. The maximum absolute atomic E-state index is 15.3. The van der Waals surface area contributed by atoms with Crippen molar-refractivity contribution in [2.75, 3.05) is 57.4 Å². The second-order valence-corrected chi connectivity index (χ2v) is 9.86. The number of likely N-dealkylation sites (N-methyl/N-ethyl adjacent to an activating group) is 1. The van der Waals surface area contributed by atoms with E-state index in [1.54, 1.807) is 18.3 Å². The van der Waals surface area contributed by atoms with Crippen molar-refractivity contribution in [3.05, 3.63) is 83.8 Å². The zero-order chi connectivity index (χ0) is 31.3. The molecule has 0 atom stereocenters. The van der Waals surface area contributed by atoms with E-state index in [-0.39, 0.29) is 17.1 Å². The first-order chi connectivity index (χ1) is 20.6. The molecule has 0 aliphatic carbocycles. The Balaban J connectivity index is 1.81. The molecule has 0 aliphatic rings. The summed E-state index contributed by atoms with van der Waals surface area (Å²) < 4.78 is 40.6. The molecule has 3 N–H and O–H groups in total. The third kappa shape index (κ3) is 6.70. The molecule has 0 aliphatic heterocycles. The Morgan fingerprint density at radius 2 is 1.67 bits per heavy atom. The topological polar surface area (TPSA) is 118 Å². The summed E-state index contributed by atoms with van der Waals surface area (Å²) >= 11 is 0. The first kappa shape index (κ1) is 30.8. The Bertz CT molecular complexity index is 1680. The molecule has 224 valence electrons. The number of nitrogens with one attached hydrogen (secondary N) is 3. The van der Waals surface area contributed by atoms with Gasteiger partial charge < -0.3 is 30.3 Å². The van der Waals surface area contributed by atoms with E-state index >= 15 is 8.78 Å². The molecule has 10 nitrogen and oxygen atoms in total. The molecule has 43 heavy (non-hydrogen) atoms. The number of carbonyl (C=O) groups excluding carboxylic acids is 2. The van der Waals surface area contributed by atoms with Gasteiger partial charge in [0.05, 0.1) is 31.8 Å². The summed E-state index contributed by atoms with van der Waals surface area (Å²) in [5.41, 5.74) is 1.41. The molecule has 0 bridgehead atoms. The summed E-state index contributed by atoms with van der Waals surface area (Å²) in [6.07, 6.45) is 5.84. The lowest BCUT2D eigenvalue weighted by Gasteiger charge is -2.18. The molecule has 4 rings (SSSR count). The largest absolute Gasteiger partial charge is 0.494 e. The molecule has 2 aromatic carbocycles. The van der Waals surface area contributed by atoms with Crippen LogP contribution in [0.3, 0.4) is 0 Å². The van der Waals surface area contributed by atoms with Crippen LogP contribution in [0.5, 0.6) is 11.5 Å². The van der Waals surface area contributed by atoms with Crippen LogP contribution in [-0.2, 0) is 4.79 Å². The number of fused-ring (bicyclic) bond motifs is 1. The number of methoxy groups -OCH3 is 2. The van der Waals surface area contributed by atoms with Crippen molar-refractivity contribution >= 4 is 45.3 Å². The molecule has 2 aromatic heterocycles. The van der Waals surface area contributed by atoms with Crippen LogP contribution < -0.4 is 25.4 Å². The smallest absolute Gasteiger partial charge is 0.247 e. The summed E-state index contributed by atoms with van der Waals surface area (Å²) in [7, 11) is 6.24. The maximum Gasteiger partial charge on any atom is 0.247 e. The SMILES string of the molecule is C=CC(=O)Nc1cncc(C)c1Nc1cc2cc(NCCN(C)C)c(C(=O)c3c(F)c(OC)cc(OC)c3F)cc2cn1. The van der Waals surface area contributed by atoms with Gasteiger partial charge in [-0.05, 0) is 56.2 Å². The predicted octanol–water partition coefficient (Wildman–Crippen LogP) is 5.31. The van der Waals surface area contributed by atoms with Gasteiger partial charge in [-0.3, -0.25) is 14.6 Å². The van der Waals surface area contributed by atoms with Crippen LogP contribution in [0.4, 0.5) is 31.7 Å². The molecular formula is C31H32F2N6O4. The Morgan fingerprint density at radius 3 is 2.30 bits per heavy atom. The number of aryl methyl sites for hydroxylation is 1. The third-order valence-corrected chi connectivity index (χ3v) is 6.61. The third-order valence-electron chi connectivity index (χ3n) is 6.61. The van der Waals surface area contributed by atoms with Crippen molar-refractivity contribution in [1.82, 2.24) is 14.9 Å². The zero-order valence-electron chi connectivity index (χ0n) is 24.5. The number of carbonyl (C=O) groups is 2. The fourth-order valence-corrected chi connectivity index (χ4v) is 4.37. The fourth-order valence-electron chi connectivity index (χ4n) is 4.37. The monoisotopic (exact) mass is 590 g/mol. The highest BCUT2D eigenvalue weighted by Gasteiger charge is 2.28. The summed E-state index contributed by atoms with van der Waals surface area (Å²) in [5, 5.41) is 10.4. The number of halogens is 2. The lowest BCUT2D eigenvalue weighted by molar-refractivity contribution is -0.111. The number of anilines is 4. The standard InChI is InChI=1S/C31H32F2N6O4/c1-7-26(40)37-22-16-34-14-17(2)30(22)38-25-12-18-11-21(35-8-9-39(3)4)20(10-19(18)15-36-25)31(41)27-28(32)23(42-5)13-24(43-6)29(27)33/h7,10-16,35H,1,8-9H2,2-6H3,(H,37,40)(H,34,36,38). The molecule has 0 fully saturated rings. The zero-order valence-corrected chi connectivity index (χ0v) is 24.5. The Hall–Kier alpha value is -5.10. The van der Waals surface area contributed by atoms with Gasteiger partial charge in [-0.1, -0.05) is 6.58 Å². The maximum atomic E-state index is 15.3. The van der Waals surface area contributed by atoms with Gasteiger partial charge in [0.2, 0.25) is 11.7 Å². The van der Waals surface area contributed by atoms with Crippen LogP contribution in [0.1, 0.15) is 21.5 Å². The number of amides is 1. The summed E-state index contributed by atoms with van der Waals surface area (Å²) in [5.74, 6) is -3.74. The van der Waals surface area contributed by atoms with E-state index in [1.165, 1.54) is 32.7 Å². The van der Waals surface area contributed by atoms with Crippen molar-refractivity contribution in [2.45, 2.75) is 6.92 Å². The van der Waals surface area contributed by atoms with Crippen molar-refractivity contribution in [3.63, 3.8) is 0 Å². The number of nitrogens with zero attached hydrogens (tertiary/aromatic N) is 3. The Kier molecular flexibility index (Phi) is 9.51. The van der Waals surface area contributed by atoms with Crippen LogP contribution in [0.15, 0.2) is 55.5 Å². The quantitative estimate of drug-likeness (QED) is 0.149. The van der Waals surface area contributed by atoms with Gasteiger partial charge in [0.15, 0.2) is 23.1 Å². The van der Waals surface area contributed by atoms with Gasteiger partial charge in [0.1, 0.15) is 11.4 Å². The lowest BCUT2D eigenvalue weighted by Crippen LogP contribution is -2.22. The van der Waals surface area contributed by atoms with E-state index in [0.29, 0.717) is 46.7 Å². The van der Waals surface area contributed by atoms with Gasteiger partial charge in [0, 0.05) is 48.2 Å². The van der Waals surface area contributed by atoms with Crippen LogP contribution >= 0.6 is 0 Å². The number of pyridine rings is 2. The molecule has 2 heterocycles. The highest BCUT2D eigenvalue weighted by atomic mass is 19.1. The second-order valence-electron chi connectivity index (χ2n) is 9.86. The fraction of sp³-hybridized carbons (Fsp3) is 0.226. The van der Waals surface area contributed by atoms with Crippen LogP contribution in [0.2, 0.25) is 0 Å². The molecule has 0 spiro atoms. The van der Waals surface area contributed by atoms with E-state index < -0.39 is 28.9 Å². The average Bonchev–Trinajstić information content (AvgIpc) is 2.98. The average molecular weight is 591 g/mol. The van der Waals surface area contributed by atoms with E-state index in [9.17, 15) is 9.59 Å². The van der Waals surface area contributed by atoms with Crippen molar-refractivity contribution in [1.29, 1.82) is 0 Å². The minimum absolute atomic E-state index is 0.0428. The van der Waals surface area contributed by atoms with Gasteiger partial charge >= 0.3 is 0 Å². The minimum Gasteiger partial charge on any atom is -0.494 e. The highest BCUT2D eigenvalue weighted by Crippen LogP contribution is 2.36. The molecule has 0 saturated carbocycles. The molecule has 0 saturated heterocycles. The molecule has 1 amide bonds. The first-order valence-electron chi connectivity index (χ1n) is 13.2. The Labute approximate surface area is 247 Å². The van der Waals surface area contributed by atoms with Crippen LogP contribution in [-0.4, -0.2) is 68.0 Å². The van der Waals surface area contributed by atoms with E-state index in [2.05, 4.69) is 32.5 Å². The molecule has 12 heteroatoms. The number of hydrogen-bond acceptors (Lipinski definition) is 9. The number of ketones is 1. The van der Waals surface area contributed by atoms with E-state index in [0.717, 1.165) is 17.7 Å². The number of benzene rings is 2. The van der Waals surface area contributed by atoms with Crippen molar-refractivity contribution in [3.8, 4) is 11.5 Å². The van der Waals surface area contributed by atoms with Crippen LogP contribution in [0, 0.1) is 18.6 Å². The minimum atomic E-state index is -1.13. The molecule has 0 radical (unpaired) electrons. The van der Waals surface area contributed by atoms with Crippen molar-refractivity contribution in [2.24, 2.45) is 0 Å². The lowest BCUT2D eigenvalue weighted by atomic mass is 9.97. The first-order valence-corrected chi connectivity index (χ1v) is 13.2. The Morgan fingerprint density at radius 1 is 0.977 bits per heavy atom. The van der Waals surface area contributed by atoms with Gasteiger partial charge in [0.25, 0.3) is 0 Å². The number of aromatic nitrogens is 2. The van der Waals surface area contributed by atoms with Gasteiger partial charge in [-0.25, -0.2) is 13.8 Å².